The molecule has 2 fully saturated rings. The van der Waals surface area contributed by atoms with E-state index in [1.807, 2.05) is 31.3 Å². The first kappa shape index (κ1) is 19.4. The minimum absolute atomic E-state index is 0.101. The molecule has 0 aliphatic carbocycles. The zero-order valence-electron chi connectivity index (χ0n) is 16.8. The van der Waals surface area contributed by atoms with Crippen LogP contribution in [0.3, 0.4) is 0 Å². The second-order valence-electron chi connectivity index (χ2n) is 7.83. The van der Waals surface area contributed by atoms with Crippen molar-refractivity contribution in [3.05, 3.63) is 48.3 Å². The van der Waals surface area contributed by atoms with Gasteiger partial charge in [-0.2, -0.15) is 5.10 Å². The number of carbonyl (C=O) groups is 1. The van der Waals surface area contributed by atoms with E-state index < -0.39 is 0 Å². The predicted octanol–water partition coefficient (Wildman–Crippen LogP) is 1.71. The average Bonchev–Trinajstić information content (AvgIpc) is 3.47. The Morgan fingerprint density at radius 3 is 3.03 bits per heavy atom. The van der Waals surface area contributed by atoms with Crippen molar-refractivity contribution in [1.82, 2.24) is 20.0 Å². The van der Waals surface area contributed by atoms with Gasteiger partial charge in [0.2, 0.25) is 5.91 Å². The summed E-state index contributed by atoms with van der Waals surface area (Å²) in [6, 6.07) is 9.67. The first-order chi connectivity index (χ1) is 14.2. The highest BCUT2D eigenvalue weighted by atomic mass is 16.5. The second-order valence-corrected chi connectivity index (χ2v) is 7.83. The molecule has 0 saturated carbocycles. The first-order valence-corrected chi connectivity index (χ1v) is 10.1. The maximum atomic E-state index is 12.2. The summed E-state index contributed by atoms with van der Waals surface area (Å²) in [6.07, 6.45) is 5.73. The maximum absolute atomic E-state index is 12.2. The lowest BCUT2D eigenvalue weighted by molar-refractivity contribution is -0.116. The number of aliphatic imine (C=N–C) groups is 1. The molecule has 4 rings (SSSR count). The standard InChI is InChI=1S/C21H28N6O2/c1-22-20(26-10-6-21(15-26)7-11-29-16-21)23-13-17-4-2-5-18(12-17)25-19(28)14-27-9-3-8-24-27/h2-5,8-9,12H,6-7,10-11,13-16H2,1H3,(H,22,23)(H,25,28). The zero-order chi connectivity index (χ0) is 20.1. The van der Waals surface area contributed by atoms with Gasteiger partial charge in [-0.3, -0.25) is 14.5 Å². The number of hydrogen-bond donors (Lipinski definition) is 2. The van der Waals surface area contributed by atoms with Gasteiger partial charge in [-0.25, -0.2) is 0 Å². The molecule has 8 heteroatoms. The summed E-state index contributed by atoms with van der Waals surface area (Å²) < 4.78 is 7.22. The highest BCUT2D eigenvalue weighted by Crippen LogP contribution is 2.38. The second kappa shape index (κ2) is 8.65. The number of hydrogen-bond acceptors (Lipinski definition) is 4. The van der Waals surface area contributed by atoms with E-state index in [4.69, 9.17) is 4.74 Å². The van der Waals surface area contributed by atoms with Crippen molar-refractivity contribution in [2.45, 2.75) is 25.9 Å². The van der Waals surface area contributed by atoms with Crippen LogP contribution in [0.25, 0.3) is 0 Å². The lowest BCUT2D eigenvalue weighted by atomic mass is 9.87. The Hall–Kier alpha value is -2.87. The van der Waals surface area contributed by atoms with Crippen LogP contribution in [0.4, 0.5) is 5.69 Å². The van der Waals surface area contributed by atoms with Crippen LogP contribution in [-0.2, 0) is 22.6 Å². The molecular weight excluding hydrogens is 368 g/mol. The van der Waals surface area contributed by atoms with Gasteiger partial charge in [0.05, 0.1) is 6.61 Å². The molecule has 1 aromatic heterocycles. The summed E-state index contributed by atoms with van der Waals surface area (Å²) in [5.41, 5.74) is 2.16. The van der Waals surface area contributed by atoms with E-state index in [1.165, 1.54) is 0 Å². The van der Waals surface area contributed by atoms with Gasteiger partial charge in [-0.15, -0.1) is 0 Å². The number of amides is 1. The van der Waals surface area contributed by atoms with E-state index in [9.17, 15) is 4.79 Å². The summed E-state index contributed by atoms with van der Waals surface area (Å²) in [5.74, 6) is 0.817. The predicted molar refractivity (Wildman–Crippen MR) is 112 cm³/mol. The maximum Gasteiger partial charge on any atom is 0.246 e. The Balaban J connectivity index is 1.31. The van der Waals surface area contributed by atoms with E-state index in [0.717, 1.165) is 56.4 Å². The molecule has 154 valence electrons. The monoisotopic (exact) mass is 396 g/mol. The molecule has 2 aromatic rings. The van der Waals surface area contributed by atoms with Crippen molar-refractivity contribution in [2.24, 2.45) is 10.4 Å². The Morgan fingerprint density at radius 2 is 2.28 bits per heavy atom. The van der Waals surface area contributed by atoms with Crippen LogP contribution in [0.1, 0.15) is 18.4 Å². The number of nitrogens with zero attached hydrogens (tertiary/aromatic N) is 4. The summed E-state index contributed by atoms with van der Waals surface area (Å²) in [4.78, 5) is 19.0. The van der Waals surface area contributed by atoms with Crippen LogP contribution in [0, 0.1) is 5.41 Å². The Morgan fingerprint density at radius 1 is 1.34 bits per heavy atom. The average molecular weight is 396 g/mol. The summed E-state index contributed by atoms with van der Waals surface area (Å²) >= 11 is 0. The third-order valence-corrected chi connectivity index (χ3v) is 5.66. The third kappa shape index (κ3) is 4.76. The van der Waals surface area contributed by atoms with E-state index >= 15 is 0 Å². The number of nitrogens with one attached hydrogen (secondary N) is 2. The number of carbonyl (C=O) groups excluding carboxylic acids is 1. The van der Waals surface area contributed by atoms with Crippen LogP contribution < -0.4 is 10.6 Å². The number of aromatic nitrogens is 2. The fraction of sp³-hybridized carbons (Fsp3) is 0.476. The Kier molecular flexibility index (Phi) is 5.80. The van der Waals surface area contributed by atoms with Crippen LogP contribution in [0.15, 0.2) is 47.7 Å². The molecule has 3 heterocycles. The Labute approximate surface area is 170 Å². The molecule has 1 spiro atoms. The van der Waals surface area contributed by atoms with Gasteiger partial charge in [0.1, 0.15) is 6.54 Å². The van der Waals surface area contributed by atoms with Gasteiger partial charge in [-0.05, 0) is 36.6 Å². The van der Waals surface area contributed by atoms with E-state index in [0.29, 0.717) is 12.0 Å². The molecule has 1 atom stereocenters. The molecule has 1 aromatic carbocycles. The van der Waals surface area contributed by atoms with E-state index in [1.54, 1.807) is 23.1 Å². The molecule has 2 aliphatic heterocycles. The molecular formula is C21H28N6O2. The van der Waals surface area contributed by atoms with Crippen LogP contribution in [-0.4, -0.2) is 59.9 Å². The number of rotatable bonds is 5. The van der Waals surface area contributed by atoms with Crippen molar-refractivity contribution >= 4 is 17.6 Å². The summed E-state index contributed by atoms with van der Waals surface area (Å²) in [7, 11) is 1.82. The smallest absolute Gasteiger partial charge is 0.246 e. The first-order valence-electron chi connectivity index (χ1n) is 10.1. The zero-order valence-corrected chi connectivity index (χ0v) is 16.8. The van der Waals surface area contributed by atoms with E-state index in [-0.39, 0.29) is 12.5 Å². The number of likely N-dealkylation sites (tertiary alicyclic amines) is 1. The molecule has 2 aliphatic rings. The fourth-order valence-electron chi connectivity index (χ4n) is 4.10. The van der Waals surface area contributed by atoms with E-state index in [2.05, 4.69) is 25.6 Å². The van der Waals surface area contributed by atoms with Gasteiger partial charge in [-0.1, -0.05) is 12.1 Å². The van der Waals surface area contributed by atoms with Crippen molar-refractivity contribution in [3.63, 3.8) is 0 Å². The number of guanidine groups is 1. The quantitative estimate of drug-likeness (QED) is 0.594. The number of benzene rings is 1. The van der Waals surface area contributed by atoms with Crippen LogP contribution in [0.5, 0.6) is 0 Å². The lowest BCUT2D eigenvalue weighted by Gasteiger charge is -2.25. The fourth-order valence-corrected chi connectivity index (χ4v) is 4.10. The van der Waals surface area contributed by atoms with Crippen molar-refractivity contribution in [1.29, 1.82) is 0 Å². The summed E-state index contributed by atoms with van der Waals surface area (Å²) in [6.45, 7) is 4.58. The molecule has 1 amide bonds. The summed E-state index contributed by atoms with van der Waals surface area (Å²) in [5, 5.41) is 10.4. The van der Waals surface area contributed by atoms with Crippen molar-refractivity contribution in [2.75, 3.05) is 38.7 Å². The highest BCUT2D eigenvalue weighted by molar-refractivity contribution is 5.90. The topological polar surface area (TPSA) is 83.8 Å². The third-order valence-electron chi connectivity index (χ3n) is 5.66. The lowest BCUT2D eigenvalue weighted by Crippen LogP contribution is -2.41. The van der Waals surface area contributed by atoms with Crippen LogP contribution in [0.2, 0.25) is 0 Å². The largest absolute Gasteiger partial charge is 0.381 e. The van der Waals surface area contributed by atoms with Gasteiger partial charge in [0.25, 0.3) is 0 Å². The number of anilines is 1. The molecule has 0 radical (unpaired) electrons. The van der Waals surface area contributed by atoms with Crippen LogP contribution >= 0.6 is 0 Å². The Bertz CT molecular complexity index is 858. The molecule has 0 bridgehead atoms. The van der Waals surface area contributed by atoms with Gasteiger partial charge < -0.3 is 20.3 Å². The SMILES string of the molecule is CN=C(NCc1cccc(NC(=O)Cn2cccn2)c1)N1CCC2(CCOC2)C1. The molecule has 2 N–H and O–H groups in total. The van der Waals surface area contributed by atoms with Gasteiger partial charge >= 0.3 is 0 Å². The van der Waals surface area contributed by atoms with Gasteiger partial charge in [0, 0.05) is 56.8 Å². The van der Waals surface area contributed by atoms with Crippen molar-refractivity contribution in [3.8, 4) is 0 Å². The molecule has 29 heavy (non-hydrogen) atoms. The minimum Gasteiger partial charge on any atom is -0.381 e. The molecule has 8 nitrogen and oxygen atoms in total. The molecule has 1 unspecified atom stereocenters. The number of ether oxygens (including phenoxy) is 1. The van der Waals surface area contributed by atoms with Crippen molar-refractivity contribution < 1.29 is 9.53 Å². The normalized spacial score (nSPS) is 21.7. The molecule has 2 saturated heterocycles. The van der Waals surface area contributed by atoms with Gasteiger partial charge in [0.15, 0.2) is 5.96 Å². The highest BCUT2D eigenvalue weighted by Gasteiger charge is 2.42. The minimum atomic E-state index is -0.101.